The van der Waals surface area contributed by atoms with Gasteiger partial charge in [0.1, 0.15) is 0 Å². The second-order valence-electron chi connectivity index (χ2n) is 4.32. The Kier molecular flexibility index (Phi) is 4.29. The van der Waals surface area contributed by atoms with E-state index in [1.165, 1.54) is 7.11 Å². The standard InChI is InChI=1S/C15H15BrN2O2/c1-9-5-3-8-12(13(9)16)18-15(19)10-6-4-7-11(17)14(10)20-2/h3-8H,17H2,1-2H3,(H,18,19). The Labute approximate surface area is 126 Å². The molecule has 0 aliphatic carbocycles. The van der Waals surface area contributed by atoms with Crippen molar-refractivity contribution in [2.75, 3.05) is 18.2 Å². The molecule has 0 aromatic heterocycles. The van der Waals surface area contributed by atoms with Gasteiger partial charge in [0, 0.05) is 4.47 Å². The van der Waals surface area contributed by atoms with Crippen molar-refractivity contribution in [2.45, 2.75) is 6.92 Å². The molecule has 0 aliphatic rings. The van der Waals surface area contributed by atoms with Crippen molar-refractivity contribution < 1.29 is 9.53 Å². The van der Waals surface area contributed by atoms with Crippen molar-refractivity contribution in [3.8, 4) is 5.75 Å². The van der Waals surface area contributed by atoms with Gasteiger partial charge in [0.05, 0.1) is 24.0 Å². The number of amides is 1. The Morgan fingerprint density at radius 1 is 1.25 bits per heavy atom. The van der Waals surface area contributed by atoms with E-state index in [0.717, 1.165) is 10.0 Å². The first-order chi connectivity index (χ1) is 9.54. The highest BCUT2D eigenvalue weighted by Gasteiger charge is 2.15. The van der Waals surface area contributed by atoms with Crippen LogP contribution in [0.2, 0.25) is 0 Å². The molecule has 0 fully saturated rings. The van der Waals surface area contributed by atoms with Crippen LogP contribution in [0.15, 0.2) is 40.9 Å². The zero-order chi connectivity index (χ0) is 14.7. The zero-order valence-electron chi connectivity index (χ0n) is 11.2. The van der Waals surface area contributed by atoms with Gasteiger partial charge in [-0.15, -0.1) is 0 Å². The first-order valence-corrected chi connectivity index (χ1v) is 6.83. The molecule has 0 atom stereocenters. The van der Waals surface area contributed by atoms with E-state index in [9.17, 15) is 4.79 Å². The molecule has 20 heavy (non-hydrogen) atoms. The Balaban J connectivity index is 2.34. The van der Waals surface area contributed by atoms with Gasteiger partial charge in [-0.25, -0.2) is 0 Å². The molecule has 0 saturated heterocycles. The molecule has 0 bridgehead atoms. The summed E-state index contributed by atoms with van der Waals surface area (Å²) in [6.07, 6.45) is 0. The van der Waals surface area contributed by atoms with Gasteiger partial charge in [0.2, 0.25) is 0 Å². The van der Waals surface area contributed by atoms with E-state index >= 15 is 0 Å². The van der Waals surface area contributed by atoms with Crippen LogP contribution in [0.1, 0.15) is 15.9 Å². The maximum Gasteiger partial charge on any atom is 0.259 e. The van der Waals surface area contributed by atoms with Gasteiger partial charge in [-0.05, 0) is 46.6 Å². The summed E-state index contributed by atoms with van der Waals surface area (Å²) in [5.41, 5.74) is 8.39. The summed E-state index contributed by atoms with van der Waals surface area (Å²) in [4.78, 5) is 12.3. The number of anilines is 2. The predicted molar refractivity (Wildman–Crippen MR) is 84.2 cm³/mol. The van der Waals surface area contributed by atoms with E-state index in [1.807, 2.05) is 25.1 Å². The molecule has 104 valence electrons. The van der Waals surface area contributed by atoms with Crippen molar-refractivity contribution in [1.82, 2.24) is 0 Å². The number of nitrogens with one attached hydrogen (secondary N) is 1. The number of halogens is 1. The normalized spacial score (nSPS) is 10.2. The van der Waals surface area contributed by atoms with Crippen LogP contribution >= 0.6 is 15.9 Å². The van der Waals surface area contributed by atoms with E-state index in [0.29, 0.717) is 22.7 Å². The number of para-hydroxylation sites is 1. The molecule has 5 heteroatoms. The SMILES string of the molecule is COc1c(N)cccc1C(=O)Nc1cccc(C)c1Br. The molecular formula is C15H15BrN2O2. The molecule has 2 rings (SSSR count). The number of benzene rings is 2. The lowest BCUT2D eigenvalue weighted by Gasteiger charge is -2.12. The number of ether oxygens (including phenoxy) is 1. The third-order valence-electron chi connectivity index (χ3n) is 2.93. The number of carbonyl (C=O) groups excluding carboxylic acids is 1. The lowest BCUT2D eigenvalue weighted by Crippen LogP contribution is -2.14. The van der Waals surface area contributed by atoms with Gasteiger partial charge < -0.3 is 15.8 Å². The first kappa shape index (κ1) is 14.4. The number of aryl methyl sites for hydroxylation is 1. The van der Waals surface area contributed by atoms with E-state index in [1.54, 1.807) is 18.2 Å². The second-order valence-corrected chi connectivity index (χ2v) is 5.11. The van der Waals surface area contributed by atoms with Crippen LogP contribution in [0, 0.1) is 6.92 Å². The molecule has 0 heterocycles. The van der Waals surface area contributed by atoms with Gasteiger partial charge in [-0.3, -0.25) is 4.79 Å². The summed E-state index contributed by atoms with van der Waals surface area (Å²) in [6, 6.07) is 10.8. The summed E-state index contributed by atoms with van der Waals surface area (Å²) in [7, 11) is 1.49. The number of methoxy groups -OCH3 is 1. The van der Waals surface area contributed by atoms with Gasteiger partial charge in [-0.1, -0.05) is 18.2 Å². The zero-order valence-corrected chi connectivity index (χ0v) is 12.8. The summed E-state index contributed by atoms with van der Waals surface area (Å²) < 4.78 is 6.05. The van der Waals surface area contributed by atoms with Gasteiger partial charge in [0.25, 0.3) is 5.91 Å². The van der Waals surface area contributed by atoms with Crippen molar-refractivity contribution in [1.29, 1.82) is 0 Å². The Bertz CT molecular complexity index is 656. The molecule has 0 saturated carbocycles. The third kappa shape index (κ3) is 2.77. The summed E-state index contributed by atoms with van der Waals surface area (Å²) in [5, 5.41) is 2.85. The van der Waals surface area contributed by atoms with E-state index in [-0.39, 0.29) is 5.91 Å². The molecular weight excluding hydrogens is 320 g/mol. The summed E-state index contributed by atoms with van der Waals surface area (Å²) in [6.45, 7) is 1.96. The van der Waals surface area contributed by atoms with Crippen LogP contribution in [-0.4, -0.2) is 13.0 Å². The fourth-order valence-electron chi connectivity index (χ4n) is 1.90. The molecule has 3 N–H and O–H groups in total. The highest BCUT2D eigenvalue weighted by atomic mass is 79.9. The van der Waals surface area contributed by atoms with Crippen LogP contribution in [0.5, 0.6) is 5.75 Å². The lowest BCUT2D eigenvalue weighted by atomic mass is 10.1. The van der Waals surface area contributed by atoms with Crippen LogP contribution < -0.4 is 15.8 Å². The number of nitrogen functional groups attached to an aromatic ring is 1. The second kappa shape index (κ2) is 5.96. The number of hydrogen-bond acceptors (Lipinski definition) is 3. The van der Waals surface area contributed by atoms with Gasteiger partial charge >= 0.3 is 0 Å². The molecule has 0 unspecified atom stereocenters. The van der Waals surface area contributed by atoms with E-state index in [4.69, 9.17) is 10.5 Å². The minimum atomic E-state index is -0.263. The topological polar surface area (TPSA) is 64.3 Å². The van der Waals surface area contributed by atoms with Crippen molar-refractivity contribution in [2.24, 2.45) is 0 Å². The Morgan fingerprint density at radius 2 is 1.95 bits per heavy atom. The average Bonchev–Trinajstić information content (AvgIpc) is 2.43. The van der Waals surface area contributed by atoms with E-state index in [2.05, 4.69) is 21.2 Å². The number of rotatable bonds is 3. The quantitative estimate of drug-likeness (QED) is 0.843. The van der Waals surface area contributed by atoms with E-state index < -0.39 is 0 Å². The summed E-state index contributed by atoms with van der Waals surface area (Å²) in [5.74, 6) is 0.120. The first-order valence-electron chi connectivity index (χ1n) is 6.03. The Morgan fingerprint density at radius 3 is 2.65 bits per heavy atom. The smallest absolute Gasteiger partial charge is 0.259 e. The van der Waals surface area contributed by atoms with Crippen molar-refractivity contribution in [3.63, 3.8) is 0 Å². The molecule has 0 spiro atoms. The lowest BCUT2D eigenvalue weighted by molar-refractivity contribution is 0.102. The van der Waals surface area contributed by atoms with Gasteiger partial charge in [-0.2, -0.15) is 0 Å². The third-order valence-corrected chi connectivity index (χ3v) is 3.99. The monoisotopic (exact) mass is 334 g/mol. The molecule has 4 nitrogen and oxygen atoms in total. The molecule has 0 radical (unpaired) electrons. The van der Waals surface area contributed by atoms with Crippen LogP contribution in [0.25, 0.3) is 0 Å². The largest absolute Gasteiger partial charge is 0.494 e. The minimum Gasteiger partial charge on any atom is -0.494 e. The minimum absolute atomic E-state index is 0.263. The maximum atomic E-state index is 12.3. The predicted octanol–water partition coefficient (Wildman–Crippen LogP) is 3.60. The number of hydrogen-bond donors (Lipinski definition) is 2. The molecule has 2 aromatic rings. The summed E-state index contributed by atoms with van der Waals surface area (Å²) >= 11 is 3.46. The van der Waals surface area contributed by atoms with Crippen LogP contribution in [0.4, 0.5) is 11.4 Å². The fourth-order valence-corrected chi connectivity index (χ4v) is 2.26. The fraction of sp³-hybridized carbons (Fsp3) is 0.133. The average molecular weight is 335 g/mol. The van der Waals surface area contributed by atoms with Crippen LogP contribution in [0.3, 0.4) is 0 Å². The highest BCUT2D eigenvalue weighted by Crippen LogP contribution is 2.29. The molecule has 0 aliphatic heterocycles. The number of nitrogens with two attached hydrogens (primary N) is 1. The number of carbonyl (C=O) groups is 1. The Hall–Kier alpha value is -2.01. The van der Waals surface area contributed by atoms with Crippen molar-refractivity contribution >= 4 is 33.2 Å². The highest BCUT2D eigenvalue weighted by molar-refractivity contribution is 9.10. The van der Waals surface area contributed by atoms with Gasteiger partial charge in [0.15, 0.2) is 5.75 Å². The van der Waals surface area contributed by atoms with Crippen LogP contribution in [-0.2, 0) is 0 Å². The maximum absolute atomic E-state index is 12.3. The molecule has 2 aromatic carbocycles. The molecule has 1 amide bonds. The van der Waals surface area contributed by atoms with Crippen molar-refractivity contribution in [3.05, 3.63) is 52.0 Å².